The number of halogens is 2. The first kappa shape index (κ1) is 39.4. The van der Waals surface area contributed by atoms with Crippen molar-refractivity contribution >= 4 is 46.0 Å². The van der Waals surface area contributed by atoms with E-state index >= 15 is 0 Å². The van der Waals surface area contributed by atoms with Gasteiger partial charge in [-0.05, 0) is 106 Å². The van der Waals surface area contributed by atoms with Crippen molar-refractivity contribution in [1.82, 2.24) is 25.6 Å². The summed E-state index contributed by atoms with van der Waals surface area (Å²) in [6, 6.07) is 25.1. The Balaban J connectivity index is 0.000000188. The fourth-order valence-corrected chi connectivity index (χ4v) is 7.18. The number of aromatic nitrogens is 3. The zero-order valence-electron chi connectivity index (χ0n) is 30.4. The summed E-state index contributed by atoms with van der Waals surface area (Å²) >= 11 is 12.0. The summed E-state index contributed by atoms with van der Waals surface area (Å²) in [7, 11) is 0. The number of nitrogens with zero attached hydrogens (tertiary/aromatic N) is 3. The van der Waals surface area contributed by atoms with Crippen LogP contribution in [0.2, 0.25) is 10.0 Å². The molecule has 2 saturated carbocycles. The zero-order valence-corrected chi connectivity index (χ0v) is 31.9. The van der Waals surface area contributed by atoms with E-state index in [0.717, 1.165) is 42.3 Å². The molecule has 11 heteroatoms. The van der Waals surface area contributed by atoms with Gasteiger partial charge in [0.15, 0.2) is 0 Å². The highest BCUT2D eigenvalue weighted by molar-refractivity contribution is 6.31. The highest BCUT2D eigenvalue weighted by atomic mass is 35.5. The van der Waals surface area contributed by atoms with Crippen molar-refractivity contribution in [2.45, 2.75) is 81.6 Å². The standard InChI is InChI=1S/C23H20ClN3O2.C21H21ClN2O2/c24-17-6-3-5-16(13-17)10-12-23(29)11-4-7-18(14-23)26-22(28)21-15-25-19-8-1-2-9-20(19)27-21;1-15-19(8-4-12-23-15)20(25)24-18-7-3-10-21(26,14-18)11-9-16-5-2-6-17(22)13-16/h1-3,5-6,8-9,13,15,18,29H,4,7,11,14H2,(H,26,28);2,4-6,8,12-13,18,26H,3,7,10,14H2,1H3,(H,24,25)/t18-,23+;18-,21+/m00/s1. The van der Waals surface area contributed by atoms with Crippen LogP contribution in [0.3, 0.4) is 0 Å². The average molecular weight is 775 g/mol. The van der Waals surface area contributed by atoms with Gasteiger partial charge >= 0.3 is 0 Å². The SMILES string of the molecule is Cc1ncccc1C(=O)N[C@H]1CCC[C@@](O)(C#Cc2cccc(Cl)c2)C1.O=C(N[C@H]1CCC[C@@](O)(C#Cc2cccc(Cl)c2)C1)c1cnc2ccccc2n1. The molecule has 0 bridgehead atoms. The lowest BCUT2D eigenvalue weighted by molar-refractivity contribution is 0.0443. The number of fused-ring (bicyclic) bond motifs is 1. The highest BCUT2D eigenvalue weighted by Gasteiger charge is 2.35. The molecular weight excluding hydrogens is 733 g/mol. The summed E-state index contributed by atoms with van der Waals surface area (Å²) in [6.45, 7) is 1.81. The maximum atomic E-state index is 12.6. The number of aryl methyl sites for hydroxylation is 1. The van der Waals surface area contributed by atoms with Crippen LogP contribution in [0.5, 0.6) is 0 Å². The number of rotatable bonds is 4. The summed E-state index contributed by atoms with van der Waals surface area (Å²) in [5, 5.41) is 29.0. The lowest BCUT2D eigenvalue weighted by atomic mass is 9.82. The van der Waals surface area contributed by atoms with Gasteiger partial charge in [0.2, 0.25) is 0 Å². The molecule has 2 aliphatic rings. The first-order valence-electron chi connectivity index (χ1n) is 18.2. The summed E-state index contributed by atoms with van der Waals surface area (Å²) in [5.41, 5.74) is 2.20. The van der Waals surface area contributed by atoms with Crippen molar-refractivity contribution in [3.8, 4) is 23.7 Å². The first-order chi connectivity index (χ1) is 26.5. The van der Waals surface area contributed by atoms with Crippen LogP contribution in [-0.4, -0.2) is 60.3 Å². The third-order valence-electron chi connectivity index (χ3n) is 9.59. The van der Waals surface area contributed by atoms with Gasteiger partial charge in [0.1, 0.15) is 16.9 Å². The van der Waals surface area contributed by atoms with E-state index in [9.17, 15) is 19.8 Å². The molecule has 4 atom stereocenters. The van der Waals surface area contributed by atoms with Crippen LogP contribution < -0.4 is 10.6 Å². The van der Waals surface area contributed by atoms with Crippen LogP contribution >= 0.6 is 23.2 Å². The van der Waals surface area contributed by atoms with Gasteiger partial charge in [0, 0.05) is 58.0 Å². The Bertz CT molecular complexity index is 2310. The van der Waals surface area contributed by atoms with E-state index in [0.29, 0.717) is 52.5 Å². The molecule has 7 rings (SSSR count). The van der Waals surface area contributed by atoms with Gasteiger partial charge in [-0.2, -0.15) is 0 Å². The number of para-hydroxylation sites is 2. The molecular formula is C44H41Cl2N5O4. The van der Waals surface area contributed by atoms with Crippen molar-refractivity contribution in [2.24, 2.45) is 0 Å². The molecule has 0 aliphatic heterocycles. The quantitative estimate of drug-likeness (QED) is 0.141. The van der Waals surface area contributed by atoms with Crippen LogP contribution in [-0.2, 0) is 0 Å². The number of hydrogen-bond acceptors (Lipinski definition) is 7. The Hall–Kier alpha value is -5.29. The largest absolute Gasteiger partial charge is 0.378 e. The molecule has 0 spiro atoms. The lowest BCUT2D eigenvalue weighted by Crippen LogP contribution is -2.45. The van der Waals surface area contributed by atoms with Crippen molar-refractivity contribution in [2.75, 3.05) is 0 Å². The summed E-state index contributed by atoms with van der Waals surface area (Å²) in [4.78, 5) is 37.9. The smallest absolute Gasteiger partial charge is 0.271 e. The molecule has 0 saturated heterocycles. The van der Waals surface area contributed by atoms with Crippen molar-refractivity contribution in [1.29, 1.82) is 0 Å². The van der Waals surface area contributed by atoms with E-state index in [4.69, 9.17) is 23.2 Å². The third kappa shape index (κ3) is 11.1. The van der Waals surface area contributed by atoms with Crippen LogP contribution in [0.25, 0.3) is 11.0 Å². The number of benzene rings is 3. The molecule has 9 nitrogen and oxygen atoms in total. The minimum Gasteiger partial charge on any atom is -0.378 e. The fraction of sp³-hybridized carbons (Fsp3) is 0.295. The summed E-state index contributed by atoms with van der Waals surface area (Å²) in [6.07, 6.45) is 8.27. The van der Waals surface area contributed by atoms with E-state index < -0.39 is 11.2 Å². The topological polar surface area (TPSA) is 137 Å². The minimum absolute atomic E-state index is 0.116. The van der Waals surface area contributed by atoms with Gasteiger partial charge in [0.05, 0.1) is 22.8 Å². The van der Waals surface area contributed by atoms with Gasteiger partial charge in [-0.25, -0.2) is 4.98 Å². The van der Waals surface area contributed by atoms with Crippen molar-refractivity contribution < 1.29 is 19.8 Å². The van der Waals surface area contributed by atoms with Crippen LogP contribution in [0.15, 0.2) is 97.3 Å². The van der Waals surface area contributed by atoms with E-state index in [2.05, 4.69) is 49.3 Å². The zero-order chi connectivity index (χ0) is 38.8. The molecule has 2 amide bonds. The predicted octanol–water partition coefficient (Wildman–Crippen LogP) is 7.24. The van der Waals surface area contributed by atoms with E-state index in [-0.39, 0.29) is 29.6 Å². The van der Waals surface area contributed by atoms with Crippen molar-refractivity contribution in [3.05, 3.63) is 135 Å². The minimum atomic E-state index is -1.15. The number of hydrogen-bond donors (Lipinski definition) is 4. The lowest BCUT2D eigenvalue weighted by Gasteiger charge is -2.33. The number of amides is 2. The number of pyridine rings is 1. The molecule has 55 heavy (non-hydrogen) atoms. The van der Waals surface area contributed by atoms with Gasteiger partial charge in [-0.15, -0.1) is 0 Å². The molecule has 2 aromatic heterocycles. The number of nitrogens with one attached hydrogen (secondary N) is 2. The van der Waals surface area contributed by atoms with E-state index in [1.54, 1.807) is 42.6 Å². The first-order valence-corrected chi connectivity index (χ1v) is 19.0. The summed E-state index contributed by atoms with van der Waals surface area (Å²) in [5.74, 6) is 11.5. The molecule has 3 aromatic carbocycles. The molecule has 0 radical (unpaired) electrons. The van der Waals surface area contributed by atoms with E-state index in [1.165, 1.54) is 6.20 Å². The number of aliphatic hydroxyl groups is 2. The van der Waals surface area contributed by atoms with Gasteiger partial charge in [-0.1, -0.05) is 71.1 Å². The summed E-state index contributed by atoms with van der Waals surface area (Å²) < 4.78 is 0. The molecule has 0 unspecified atom stereocenters. The predicted molar refractivity (Wildman–Crippen MR) is 215 cm³/mol. The van der Waals surface area contributed by atoms with Crippen LogP contribution in [0, 0.1) is 30.6 Å². The Morgan fingerprint density at radius 2 is 1.29 bits per heavy atom. The Labute approximate surface area is 330 Å². The van der Waals surface area contributed by atoms with Crippen LogP contribution in [0.1, 0.15) is 89.0 Å². The molecule has 280 valence electrons. The second-order valence-electron chi connectivity index (χ2n) is 14.0. The fourth-order valence-electron chi connectivity index (χ4n) is 6.80. The number of carbonyl (C=O) groups excluding carboxylic acids is 2. The average Bonchev–Trinajstić information content (AvgIpc) is 3.17. The van der Waals surface area contributed by atoms with Gasteiger partial charge < -0.3 is 20.8 Å². The second-order valence-corrected chi connectivity index (χ2v) is 14.9. The monoisotopic (exact) mass is 773 g/mol. The second kappa shape index (κ2) is 17.9. The van der Waals surface area contributed by atoms with Crippen molar-refractivity contribution in [3.63, 3.8) is 0 Å². The Kier molecular flexibility index (Phi) is 12.8. The van der Waals surface area contributed by atoms with Crippen LogP contribution in [0.4, 0.5) is 0 Å². The molecule has 5 aromatic rings. The van der Waals surface area contributed by atoms with Gasteiger partial charge in [0.25, 0.3) is 11.8 Å². The Morgan fingerprint density at radius 3 is 1.85 bits per heavy atom. The molecule has 4 N–H and O–H groups in total. The normalized spacial score (nSPS) is 21.7. The molecule has 2 fully saturated rings. The van der Waals surface area contributed by atoms with Gasteiger partial charge in [-0.3, -0.25) is 19.6 Å². The molecule has 2 aliphatic carbocycles. The maximum absolute atomic E-state index is 12.6. The Morgan fingerprint density at radius 1 is 0.727 bits per heavy atom. The third-order valence-corrected chi connectivity index (χ3v) is 10.1. The highest BCUT2D eigenvalue weighted by Crippen LogP contribution is 2.30. The molecule has 2 heterocycles. The number of carbonyl (C=O) groups is 2. The maximum Gasteiger partial charge on any atom is 0.271 e. The van der Waals surface area contributed by atoms with E-state index in [1.807, 2.05) is 55.5 Å².